The number of hydrogen-bond donors (Lipinski definition) is 1. The van der Waals surface area contributed by atoms with Crippen LogP contribution in [0.5, 0.6) is 0 Å². The van der Waals surface area contributed by atoms with E-state index in [-0.39, 0.29) is 0 Å². The van der Waals surface area contributed by atoms with Gasteiger partial charge in [-0.2, -0.15) is 0 Å². The van der Waals surface area contributed by atoms with Crippen molar-refractivity contribution in [2.45, 2.75) is 51.5 Å². The molecule has 2 aliphatic heterocycles. The molecule has 2 nitrogen and oxygen atoms in total. The van der Waals surface area contributed by atoms with Gasteiger partial charge in [0.2, 0.25) is 0 Å². The molecule has 0 aromatic heterocycles. The Labute approximate surface area is 94.4 Å². The van der Waals surface area contributed by atoms with Crippen molar-refractivity contribution in [2.75, 3.05) is 26.2 Å². The summed E-state index contributed by atoms with van der Waals surface area (Å²) < 4.78 is 0. The Morgan fingerprint density at radius 1 is 1.13 bits per heavy atom. The molecule has 15 heavy (non-hydrogen) atoms. The van der Waals surface area contributed by atoms with Crippen molar-refractivity contribution in [3.63, 3.8) is 0 Å². The zero-order chi connectivity index (χ0) is 10.5. The normalized spacial score (nSPS) is 30.6. The molecule has 0 radical (unpaired) electrons. The largest absolute Gasteiger partial charge is 0.317 e. The third-order valence-electron chi connectivity index (χ3n) is 4.17. The van der Waals surface area contributed by atoms with Gasteiger partial charge in [-0.25, -0.2) is 0 Å². The van der Waals surface area contributed by atoms with Crippen LogP contribution in [-0.4, -0.2) is 37.1 Å². The molecule has 1 atom stereocenters. The SMILES string of the molecule is CC[C@H]1CCCCN1CC1CCNCC1. The lowest BCUT2D eigenvalue weighted by Gasteiger charge is -2.38. The van der Waals surface area contributed by atoms with Gasteiger partial charge in [0.25, 0.3) is 0 Å². The van der Waals surface area contributed by atoms with E-state index in [1.165, 1.54) is 64.7 Å². The van der Waals surface area contributed by atoms with Crippen molar-refractivity contribution in [1.82, 2.24) is 10.2 Å². The summed E-state index contributed by atoms with van der Waals surface area (Å²) >= 11 is 0. The van der Waals surface area contributed by atoms with Gasteiger partial charge in [0.15, 0.2) is 0 Å². The highest BCUT2D eigenvalue weighted by Crippen LogP contribution is 2.23. The number of nitrogens with one attached hydrogen (secondary N) is 1. The second kappa shape index (κ2) is 5.86. The van der Waals surface area contributed by atoms with Crippen LogP contribution in [0, 0.1) is 5.92 Å². The van der Waals surface area contributed by atoms with E-state index in [1.807, 2.05) is 0 Å². The van der Waals surface area contributed by atoms with Crippen LogP contribution in [0.15, 0.2) is 0 Å². The molecule has 0 aromatic carbocycles. The van der Waals surface area contributed by atoms with Crippen LogP contribution >= 0.6 is 0 Å². The van der Waals surface area contributed by atoms with Crippen LogP contribution in [0.25, 0.3) is 0 Å². The van der Waals surface area contributed by atoms with Gasteiger partial charge in [0.1, 0.15) is 0 Å². The molecule has 88 valence electrons. The van der Waals surface area contributed by atoms with Crippen molar-refractivity contribution >= 4 is 0 Å². The Kier molecular flexibility index (Phi) is 4.45. The summed E-state index contributed by atoms with van der Waals surface area (Å²) in [5, 5.41) is 3.46. The van der Waals surface area contributed by atoms with Crippen molar-refractivity contribution in [3.8, 4) is 0 Å². The minimum atomic E-state index is 0.897. The van der Waals surface area contributed by atoms with Gasteiger partial charge in [0, 0.05) is 12.6 Å². The van der Waals surface area contributed by atoms with E-state index in [9.17, 15) is 0 Å². The molecule has 2 rings (SSSR count). The number of hydrogen-bond acceptors (Lipinski definition) is 2. The summed E-state index contributed by atoms with van der Waals surface area (Å²) in [6.45, 7) is 7.58. The molecule has 0 aliphatic carbocycles. The molecule has 0 aromatic rings. The zero-order valence-electron chi connectivity index (χ0n) is 10.2. The van der Waals surface area contributed by atoms with E-state index in [2.05, 4.69) is 17.1 Å². The molecule has 2 saturated heterocycles. The lowest BCUT2D eigenvalue weighted by molar-refractivity contribution is 0.112. The summed E-state index contributed by atoms with van der Waals surface area (Å²) in [5.74, 6) is 0.971. The van der Waals surface area contributed by atoms with Crippen molar-refractivity contribution in [3.05, 3.63) is 0 Å². The highest BCUT2D eigenvalue weighted by Gasteiger charge is 2.24. The van der Waals surface area contributed by atoms with Gasteiger partial charge in [-0.1, -0.05) is 13.3 Å². The standard InChI is InChI=1S/C13H26N2/c1-2-13-5-3-4-10-15(13)11-12-6-8-14-9-7-12/h12-14H,2-11H2,1H3/t13-/m0/s1. The Morgan fingerprint density at radius 2 is 1.93 bits per heavy atom. The topological polar surface area (TPSA) is 15.3 Å². The minimum absolute atomic E-state index is 0.897. The first-order chi connectivity index (χ1) is 7.40. The summed E-state index contributed by atoms with van der Waals surface area (Å²) in [4.78, 5) is 2.78. The number of likely N-dealkylation sites (tertiary alicyclic amines) is 1. The molecular formula is C13H26N2. The summed E-state index contributed by atoms with van der Waals surface area (Å²) in [7, 11) is 0. The van der Waals surface area contributed by atoms with E-state index in [4.69, 9.17) is 0 Å². The van der Waals surface area contributed by atoms with Crippen molar-refractivity contribution < 1.29 is 0 Å². The first-order valence-electron chi connectivity index (χ1n) is 6.85. The first-order valence-corrected chi connectivity index (χ1v) is 6.85. The summed E-state index contributed by atoms with van der Waals surface area (Å²) in [5.41, 5.74) is 0. The molecule has 0 saturated carbocycles. The molecule has 2 fully saturated rings. The van der Waals surface area contributed by atoms with Crippen LogP contribution in [0.3, 0.4) is 0 Å². The van der Waals surface area contributed by atoms with Gasteiger partial charge in [-0.15, -0.1) is 0 Å². The fraction of sp³-hybridized carbons (Fsp3) is 1.00. The smallest absolute Gasteiger partial charge is 0.00927 e. The van der Waals surface area contributed by atoms with Crippen LogP contribution in [0.4, 0.5) is 0 Å². The number of rotatable bonds is 3. The average Bonchev–Trinajstić information content (AvgIpc) is 2.31. The molecule has 0 unspecified atom stereocenters. The molecule has 0 bridgehead atoms. The molecule has 2 heteroatoms. The third-order valence-corrected chi connectivity index (χ3v) is 4.17. The van der Waals surface area contributed by atoms with E-state index < -0.39 is 0 Å². The van der Waals surface area contributed by atoms with Crippen LogP contribution in [0.1, 0.15) is 45.4 Å². The first kappa shape index (κ1) is 11.4. The quantitative estimate of drug-likeness (QED) is 0.768. The van der Waals surface area contributed by atoms with Gasteiger partial charge < -0.3 is 10.2 Å². The number of piperidine rings is 2. The Morgan fingerprint density at radius 3 is 2.67 bits per heavy atom. The Hall–Kier alpha value is -0.0800. The predicted molar refractivity (Wildman–Crippen MR) is 65.1 cm³/mol. The van der Waals surface area contributed by atoms with Gasteiger partial charge >= 0.3 is 0 Å². The molecule has 1 N–H and O–H groups in total. The van der Waals surface area contributed by atoms with Crippen LogP contribution < -0.4 is 5.32 Å². The Bertz CT molecular complexity index is 175. The number of nitrogens with zero attached hydrogens (tertiary/aromatic N) is 1. The van der Waals surface area contributed by atoms with Crippen LogP contribution in [-0.2, 0) is 0 Å². The van der Waals surface area contributed by atoms with Gasteiger partial charge in [-0.3, -0.25) is 0 Å². The third kappa shape index (κ3) is 3.18. The maximum absolute atomic E-state index is 3.46. The zero-order valence-corrected chi connectivity index (χ0v) is 10.2. The second-order valence-corrected chi connectivity index (χ2v) is 5.25. The fourth-order valence-electron chi connectivity index (χ4n) is 3.16. The predicted octanol–water partition coefficient (Wildman–Crippen LogP) is 2.25. The molecular weight excluding hydrogens is 184 g/mol. The second-order valence-electron chi connectivity index (χ2n) is 5.25. The molecule has 2 aliphatic rings. The maximum atomic E-state index is 3.46. The summed E-state index contributed by atoms with van der Waals surface area (Å²) in [6.07, 6.45) is 8.48. The maximum Gasteiger partial charge on any atom is 0.00927 e. The van der Waals surface area contributed by atoms with Crippen molar-refractivity contribution in [2.24, 2.45) is 5.92 Å². The van der Waals surface area contributed by atoms with Gasteiger partial charge in [0.05, 0.1) is 0 Å². The lowest BCUT2D eigenvalue weighted by Crippen LogP contribution is -2.43. The molecule has 2 heterocycles. The monoisotopic (exact) mass is 210 g/mol. The van der Waals surface area contributed by atoms with Gasteiger partial charge in [-0.05, 0) is 57.7 Å². The average molecular weight is 210 g/mol. The van der Waals surface area contributed by atoms with E-state index in [1.54, 1.807) is 0 Å². The lowest BCUT2D eigenvalue weighted by atomic mass is 9.93. The highest BCUT2D eigenvalue weighted by molar-refractivity contribution is 4.79. The molecule has 0 spiro atoms. The Balaban J connectivity index is 1.79. The highest BCUT2D eigenvalue weighted by atomic mass is 15.2. The van der Waals surface area contributed by atoms with E-state index >= 15 is 0 Å². The summed E-state index contributed by atoms with van der Waals surface area (Å²) in [6, 6.07) is 0.897. The van der Waals surface area contributed by atoms with E-state index in [0.717, 1.165) is 12.0 Å². The minimum Gasteiger partial charge on any atom is -0.317 e. The van der Waals surface area contributed by atoms with E-state index in [0.29, 0.717) is 0 Å². The van der Waals surface area contributed by atoms with Crippen LogP contribution in [0.2, 0.25) is 0 Å². The van der Waals surface area contributed by atoms with Crippen molar-refractivity contribution in [1.29, 1.82) is 0 Å². The fourth-order valence-corrected chi connectivity index (χ4v) is 3.16. The molecule has 0 amide bonds.